The molecule has 2 aromatic carbocycles. The summed E-state index contributed by atoms with van der Waals surface area (Å²) in [6.45, 7) is 0. The number of aliphatic carboxylic acids is 2. The minimum absolute atomic E-state index is 0.100. The van der Waals surface area contributed by atoms with Crippen LogP contribution in [0.3, 0.4) is 0 Å². The first-order valence-electron chi connectivity index (χ1n) is 12.9. The predicted octanol–water partition coefficient (Wildman–Crippen LogP) is -4.47. The molecule has 0 saturated carbocycles. The molecule has 3 aromatic rings. The van der Waals surface area contributed by atoms with Crippen LogP contribution in [0.1, 0.15) is 0 Å². The molecule has 2 aliphatic heterocycles. The summed E-state index contributed by atoms with van der Waals surface area (Å²) >= 11 is 0. The quantitative estimate of drug-likeness (QED) is 0.129. The van der Waals surface area contributed by atoms with E-state index in [1.54, 1.807) is 0 Å². The van der Waals surface area contributed by atoms with Gasteiger partial charge in [0.25, 0.3) is 0 Å². The Kier molecular flexibility index (Phi) is 8.58. The van der Waals surface area contributed by atoms with Crippen molar-refractivity contribution in [3.05, 3.63) is 46.6 Å². The Morgan fingerprint density at radius 3 is 2.00 bits per heavy atom. The Hall–Kier alpha value is -4.53. The number of aliphatic hydroxyl groups excluding tert-OH is 5. The Bertz CT molecular complexity index is 1670. The molecule has 18 heteroatoms. The molecular formula is C27H23O18-2. The summed E-state index contributed by atoms with van der Waals surface area (Å²) in [4.78, 5) is 35.8. The molecular weight excluding hydrogens is 612 g/mol. The Morgan fingerprint density at radius 1 is 0.756 bits per heavy atom. The van der Waals surface area contributed by atoms with Gasteiger partial charge in [-0.05, 0) is 18.2 Å². The molecule has 1 radical (unpaired) electrons. The van der Waals surface area contributed by atoms with Gasteiger partial charge < -0.3 is 78.9 Å². The van der Waals surface area contributed by atoms with Gasteiger partial charge in [0.05, 0.1) is 11.9 Å². The number of fused-ring (bicyclic) bond motifs is 1. The van der Waals surface area contributed by atoms with E-state index in [4.69, 9.17) is 23.4 Å². The summed E-state index contributed by atoms with van der Waals surface area (Å²) in [6.07, 6.45) is -21.8. The van der Waals surface area contributed by atoms with Crippen LogP contribution < -0.4 is 20.4 Å². The molecule has 0 aliphatic carbocycles. The van der Waals surface area contributed by atoms with Gasteiger partial charge in [-0.1, -0.05) is 0 Å². The number of carbonyl (C=O) groups excluding carboxylic acids is 2. The number of carboxylic acid groups (broad SMARTS) is 2. The number of rotatable bonds is 7. The highest BCUT2D eigenvalue weighted by molar-refractivity contribution is 5.86. The summed E-state index contributed by atoms with van der Waals surface area (Å²) < 4.78 is 26.8. The third-order valence-corrected chi connectivity index (χ3v) is 7.15. The molecule has 1 unspecified atom stereocenters. The predicted molar refractivity (Wildman–Crippen MR) is 134 cm³/mol. The molecule has 7 N–H and O–H groups in total. The van der Waals surface area contributed by atoms with Gasteiger partial charge in [0.1, 0.15) is 71.0 Å². The van der Waals surface area contributed by atoms with Crippen LogP contribution in [-0.2, 0) is 28.9 Å². The van der Waals surface area contributed by atoms with Gasteiger partial charge in [-0.25, -0.2) is 0 Å². The largest absolute Gasteiger partial charge is 0.547 e. The van der Waals surface area contributed by atoms with Crippen LogP contribution in [0.4, 0.5) is 0 Å². The average Bonchev–Trinajstić information content (AvgIpc) is 2.97. The summed E-state index contributed by atoms with van der Waals surface area (Å²) in [6, 6.07) is 6.15. The highest BCUT2D eigenvalue weighted by Crippen LogP contribution is 2.36. The first kappa shape index (κ1) is 31.9. The third-order valence-electron chi connectivity index (χ3n) is 7.15. The van der Waals surface area contributed by atoms with Crippen LogP contribution in [0.25, 0.3) is 22.3 Å². The SMILES string of the molecule is [O]c1ccc(-c2cc(=O)c3c(O)cc(OC4O[C@H](C(=O)[O-])[C@@H](O)[C@H](O)[C@H]4O[C@@H]4O[C@H](C(=O)[O-])[C@@H](O)[C@H](O)[C@H]4O)cc3o2)cc1O. The number of ether oxygens (including phenoxy) is 4. The molecule has 5 rings (SSSR count). The molecule has 45 heavy (non-hydrogen) atoms. The number of aliphatic hydroxyl groups is 5. The van der Waals surface area contributed by atoms with Gasteiger partial charge in [0.15, 0.2) is 23.6 Å². The van der Waals surface area contributed by atoms with E-state index in [-0.39, 0.29) is 22.3 Å². The van der Waals surface area contributed by atoms with E-state index in [1.165, 1.54) is 6.07 Å². The number of carbonyl (C=O) groups is 2. The van der Waals surface area contributed by atoms with Gasteiger partial charge in [-0.15, -0.1) is 0 Å². The monoisotopic (exact) mass is 635 g/mol. The zero-order chi connectivity index (χ0) is 32.9. The Morgan fingerprint density at radius 2 is 1.38 bits per heavy atom. The van der Waals surface area contributed by atoms with Crippen molar-refractivity contribution in [1.29, 1.82) is 0 Å². The van der Waals surface area contributed by atoms with E-state index >= 15 is 0 Å². The number of carboxylic acids is 2. The van der Waals surface area contributed by atoms with Crippen molar-refractivity contribution in [3.8, 4) is 34.3 Å². The minimum Gasteiger partial charge on any atom is -0.547 e. The first-order chi connectivity index (χ1) is 21.2. The van der Waals surface area contributed by atoms with E-state index in [0.717, 1.165) is 30.3 Å². The number of hydrogen-bond donors (Lipinski definition) is 7. The average molecular weight is 635 g/mol. The zero-order valence-electron chi connectivity index (χ0n) is 22.4. The van der Waals surface area contributed by atoms with Crippen LogP contribution in [0.2, 0.25) is 0 Å². The van der Waals surface area contributed by atoms with E-state index in [2.05, 4.69) is 0 Å². The van der Waals surface area contributed by atoms with Crippen molar-refractivity contribution in [3.63, 3.8) is 0 Å². The summed E-state index contributed by atoms with van der Waals surface area (Å²) in [5, 5.41) is 106. The van der Waals surface area contributed by atoms with Gasteiger partial charge in [-0.2, -0.15) is 0 Å². The number of phenolic OH excluding ortho intramolecular Hbond substituents is 2. The molecule has 2 aliphatic rings. The van der Waals surface area contributed by atoms with Crippen LogP contribution in [-0.4, -0.2) is 109 Å². The molecule has 3 heterocycles. The molecule has 18 nitrogen and oxygen atoms in total. The minimum atomic E-state index is -2.25. The third kappa shape index (κ3) is 5.95. The fourth-order valence-electron chi connectivity index (χ4n) is 4.84. The number of aromatic hydroxyl groups is 2. The van der Waals surface area contributed by atoms with Gasteiger partial charge in [-0.3, -0.25) is 9.90 Å². The van der Waals surface area contributed by atoms with Crippen molar-refractivity contribution < 1.29 is 84.0 Å². The Balaban J connectivity index is 1.51. The van der Waals surface area contributed by atoms with Crippen LogP contribution in [0, 0.1) is 0 Å². The van der Waals surface area contributed by atoms with Crippen molar-refractivity contribution in [2.45, 2.75) is 61.4 Å². The van der Waals surface area contributed by atoms with Crippen LogP contribution in [0.5, 0.6) is 23.0 Å². The Labute approximate surface area is 249 Å². The van der Waals surface area contributed by atoms with Crippen molar-refractivity contribution in [1.82, 2.24) is 0 Å². The zero-order valence-corrected chi connectivity index (χ0v) is 22.4. The molecule has 0 spiro atoms. The molecule has 241 valence electrons. The fourth-order valence-corrected chi connectivity index (χ4v) is 4.84. The molecule has 1 aromatic heterocycles. The smallest absolute Gasteiger partial charge is 0.229 e. The second-order valence-corrected chi connectivity index (χ2v) is 10.1. The second-order valence-electron chi connectivity index (χ2n) is 10.1. The summed E-state index contributed by atoms with van der Waals surface area (Å²) in [5.74, 6) is -6.66. The fraction of sp³-hybridized carbons (Fsp3) is 0.370. The maximum absolute atomic E-state index is 12.8. The normalized spacial score (nSPS) is 31.8. The lowest BCUT2D eigenvalue weighted by Gasteiger charge is -2.46. The summed E-state index contributed by atoms with van der Waals surface area (Å²) in [7, 11) is 0. The number of hydrogen-bond acceptors (Lipinski definition) is 17. The van der Waals surface area contributed by atoms with Crippen molar-refractivity contribution in [2.75, 3.05) is 0 Å². The highest BCUT2D eigenvalue weighted by atomic mass is 16.8. The topological polar surface area (TPSA) is 309 Å². The maximum atomic E-state index is 12.8. The highest BCUT2D eigenvalue weighted by Gasteiger charge is 2.52. The first-order valence-corrected chi connectivity index (χ1v) is 12.9. The van der Waals surface area contributed by atoms with Gasteiger partial charge >= 0.3 is 0 Å². The summed E-state index contributed by atoms with van der Waals surface area (Å²) in [5.41, 5.74) is -0.995. The lowest BCUT2D eigenvalue weighted by Crippen LogP contribution is -2.67. The van der Waals surface area contributed by atoms with Crippen molar-refractivity contribution >= 4 is 22.9 Å². The molecule has 0 bridgehead atoms. The second kappa shape index (κ2) is 12.1. The van der Waals surface area contributed by atoms with E-state index in [9.17, 15) is 65.4 Å². The van der Waals surface area contributed by atoms with Gasteiger partial charge in [0, 0.05) is 23.8 Å². The standard InChI is InChI=1S/C27H25O18/c28-9-2-1-7(3-10(9)29)13-6-12(31)15-11(30)4-8(5-14(15)42-13)41-27-23(19(35)18(34)22(44-27)25(39)40)45-26-20(36)16(32)17(33)21(43-26)24(37)38/h1-6,16-23,26-27,29-30,32-36H,(H,37,38)(H,39,40)/p-2/t16-,17-,18-,19-,20+,21-,22-,23+,26-,27?/m0/s1. The van der Waals surface area contributed by atoms with E-state index < -0.39 is 102 Å². The number of benzene rings is 2. The maximum Gasteiger partial charge on any atom is 0.229 e. The molecule has 10 atom stereocenters. The van der Waals surface area contributed by atoms with Crippen LogP contribution in [0.15, 0.2) is 45.6 Å². The number of phenols is 2. The van der Waals surface area contributed by atoms with Gasteiger partial charge in [0.2, 0.25) is 12.0 Å². The van der Waals surface area contributed by atoms with Crippen molar-refractivity contribution in [2.24, 2.45) is 0 Å². The molecule has 2 fully saturated rings. The molecule has 0 amide bonds. The molecule has 2 saturated heterocycles. The lowest BCUT2D eigenvalue weighted by molar-refractivity contribution is -0.378. The van der Waals surface area contributed by atoms with E-state index in [0.29, 0.717) is 0 Å². The lowest BCUT2D eigenvalue weighted by atomic mass is 9.97. The van der Waals surface area contributed by atoms with E-state index in [1.807, 2.05) is 0 Å². The van der Waals surface area contributed by atoms with Crippen LogP contribution >= 0.6 is 0 Å².